The molecule has 1 aromatic rings. The normalized spacial score (nSPS) is 16.4. The van der Waals surface area contributed by atoms with Crippen LogP contribution in [0.3, 0.4) is 0 Å². The van der Waals surface area contributed by atoms with Gasteiger partial charge in [0, 0.05) is 6.54 Å². The van der Waals surface area contributed by atoms with Gasteiger partial charge in [0.25, 0.3) is 0 Å². The molecule has 130 valence electrons. The van der Waals surface area contributed by atoms with Crippen LogP contribution in [0.5, 0.6) is 17.2 Å². The molecule has 1 heterocycles. The molecule has 0 bridgehead atoms. The molecule has 1 amide bonds. The van der Waals surface area contributed by atoms with Crippen LogP contribution in [0.4, 0.5) is 0 Å². The Bertz CT molecular complexity index is 494. The Morgan fingerprint density at radius 1 is 1.30 bits per heavy atom. The highest BCUT2D eigenvalue weighted by molar-refractivity contribution is 5.85. The fraction of sp³-hybridized carbons (Fsp3) is 0.562. The van der Waals surface area contributed by atoms with Gasteiger partial charge in [-0.15, -0.1) is 12.4 Å². The van der Waals surface area contributed by atoms with Crippen molar-refractivity contribution in [2.45, 2.75) is 32.4 Å². The van der Waals surface area contributed by atoms with Crippen molar-refractivity contribution in [3.63, 3.8) is 0 Å². The summed E-state index contributed by atoms with van der Waals surface area (Å²) in [7, 11) is 3.17. The number of carbonyl (C=O) groups excluding carboxylic acids is 1. The number of hydrogen-bond acceptors (Lipinski definition) is 5. The van der Waals surface area contributed by atoms with E-state index in [2.05, 4.69) is 10.6 Å². The first kappa shape index (κ1) is 19.4. The molecular formula is C16H25ClN2O4. The summed E-state index contributed by atoms with van der Waals surface area (Å²) >= 11 is 0. The van der Waals surface area contributed by atoms with E-state index in [9.17, 15) is 4.79 Å². The molecule has 7 heteroatoms. The highest BCUT2D eigenvalue weighted by Crippen LogP contribution is 2.38. The first-order valence-electron chi connectivity index (χ1n) is 7.58. The Hall–Kier alpha value is -1.66. The third-order valence-corrected chi connectivity index (χ3v) is 3.65. The smallest absolute Gasteiger partial charge is 0.237 e. The van der Waals surface area contributed by atoms with Crippen LogP contribution in [0, 0.1) is 0 Å². The number of ether oxygens (including phenoxy) is 3. The standard InChI is InChI=1S/C16H24N2O4.ClH/c1-4-22-15-13(20-2)8-11(9-14(15)21-3)10-18-16(19)12-6-5-7-17-12;/h8-9,12,17H,4-7,10H2,1-3H3,(H,18,19);1H. The van der Waals surface area contributed by atoms with E-state index < -0.39 is 0 Å². The molecule has 0 aromatic heterocycles. The van der Waals surface area contributed by atoms with E-state index in [1.54, 1.807) is 14.2 Å². The van der Waals surface area contributed by atoms with Gasteiger partial charge < -0.3 is 24.8 Å². The van der Waals surface area contributed by atoms with E-state index in [0.29, 0.717) is 30.4 Å². The van der Waals surface area contributed by atoms with Crippen molar-refractivity contribution in [3.05, 3.63) is 17.7 Å². The Balaban J connectivity index is 0.00000264. The maximum atomic E-state index is 12.0. The lowest BCUT2D eigenvalue weighted by Crippen LogP contribution is -2.40. The lowest BCUT2D eigenvalue weighted by atomic mass is 10.1. The summed E-state index contributed by atoms with van der Waals surface area (Å²) in [6.07, 6.45) is 1.94. The first-order chi connectivity index (χ1) is 10.7. The predicted molar refractivity (Wildman–Crippen MR) is 90.8 cm³/mol. The van der Waals surface area contributed by atoms with Gasteiger partial charge in [-0.25, -0.2) is 0 Å². The van der Waals surface area contributed by atoms with Crippen molar-refractivity contribution >= 4 is 18.3 Å². The van der Waals surface area contributed by atoms with Gasteiger partial charge in [0.1, 0.15) is 0 Å². The maximum absolute atomic E-state index is 12.0. The molecule has 23 heavy (non-hydrogen) atoms. The van der Waals surface area contributed by atoms with E-state index in [-0.39, 0.29) is 24.4 Å². The molecule has 1 aromatic carbocycles. The zero-order chi connectivity index (χ0) is 15.9. The van der Waals surface area contributed by atoms with Crippen molar-refractivity contribution < 1.29 is 19.0 Å². The number of amides is 1. The average Bonchev–Trinajstić information content (AvgIpc) is 3.07. The highest BCUT2D eigenvalue weighted by Gasteiger charge is 2.22. The van der Waals surface area contributed by atoms with Gasteiger partial charge in [0.05, 0.1) is 26.9 Å². The second-order valence-corrected chi connectivity index (χ2v) is 5.13. The fourth-order valence-electron chi connectivity index (χ4n) is 2.54. The van der Waals surface area contributed by atoms with Crippen molar-refractivity contribution in [2.24, 2.45) is 0 Å². The molecular weight excluding hydrogens is 320 g/mol. The fourth-order valence-corrected chi connectivity index (χ4v) is 2.54. The first-order valence-corrected chi connectivity index (χ1v) is 7.58. The quantitative estimate of drug-likeness (QED) is 0.790. The molecule has 2 rings (SSSR count). The third-order valence-electron chi connectivity index (χ3n) is 3.65. The Morgan fingerprint density at radius 3 is 2.43 bits per heavy atom. The number of halogens is 1. The molecule has 2 N–H and O–H groups in total. The van der Waals surface area contributed by atoms with Gasteiger partial charge in [0.15, 0.2) is 11.5 Å². The third kappa shape index (κ3) is 4.91. The lowest BCUT2D eigenvalue weighted by Gasteiger charge is -2.16. The average molecular weight is 345 g/mol. The van der Waals surface area contributed by atoms with Crippen LogP contribution in [0.15, 0.2) is 12.1 Å². The van der Waals surface area contributed by atoms with Crippen LogP contribution in [-0.4, -0.2) is 39.3 Å². The summed E-state index contributed by atoms with van der Waals surface area (Å²) in [5.74, 6) is 1.82. The molecule has 1 unspecified atom stereocenters. The van der Waals surface area contributed by atoms with Crippen LogP contribution < -0.4 is 24.8 Å². The number of carbonyl (C=O) groups is 1. The Morgan fingerprint density at radius 2 is 1.96 bits per heavy atom. The van der Waals surface area contributed by atoms with Crippen molar-refractivity contribution in [1.29, 1.82) is 0 Å². The number of methoxy groups -OCH3 is 2. The Labute approximate surface area is 143 Å². The molecule has 1 saturated heterocycles. The van der Waals surface area contributed by atoms with Gasteiger partial charge in [-0.3, -0.25) is 4.79 Å². The minimum atomic E-state index is -0.0773. The van der Waals surface area contributed by atoms with Gasteiger partial charge in [-0.2, -0.15) is 0 Å². The van der Waals surface area contributed by atoms with Gasteiger partial charge in [-0.05, 0) is 44.0 Å². The number of rotatable bonds is 7. The summed E-state index contributed by atoms with van der Waals surface area (Å²) in [4.78, 5) is 12.0. The van der Waals surface area contributed by atoms with Gasteiger partial charge >= 0.3 is 0 Å². The van der Waals surface area contributed by atoms with Crippen LogP contribution in [0.1, 0.15) is 25.3 Å². The number of benzene rings is 1. The van der Waals surface area contributed by atoms with Gasteiger partial charge in [0.2, 0.25) is 11.7 Å². The molecule has 0 aliphatic carbocycles. The van der Waals surface area contributed by atoms with Crippen molar-refractivity contribution in [3.8, 4) is 17.2 Å². The molecule has 1 atom stereocenters. The summed E-state index contributed by atoms with van der Waals surface area (Å²) in [6, 6.07) is 3.64. The molecule has 6 nitrogen and oxygen atoms in total. The van der Waals surface area contributed by atoms with E-state index in [4.69, 9.17) is 14.2 Å². The molecule has 1 aliphatic heterocycles. The number of nitrogens with one attached hydrogen (secondary N) is 2. The van der Waals surface area contributed by atoms with Gasteiger partial charge in [-0.1, -0.05) is 0 Å². The molecule has 0 radical (unpaired) electrons. The summed E-state index contributed by atoms with van der Waals surface area (Å²) in [6.45, 7) is 3.76. The summed E-state index contributed by atoms with van der Waals surface area (Å²) in [5, 5.41) is 6.12. The maximum Gasteiger partial charge on any atom is 0.237 e. The Kier molecular flexibility index (Phi) is 7.98. The highest BCUT2D eigenvalue weighted by atomic mass is 35.5. The monoisotopic (exact) mass is 344 g/mol. The molecule has 0 spiro atoms. The van der Waals surface area contributed by atoms with E-state index in [1.807, 2.05) is 19.1 Å². The topological polar surface area (TPSA) is 68.8 Å². The SMILES string of the molecule is CCOc1c(OC)cc(CNC(=O)C2CCCN2)cc1OC.Cl. The lowest BCUT2D eigenvalue weighted by molar-refractivity contribution is -0.122. The zero-order valence-electron chi connectivity index (χ0n) is 13.8. The molecule has 1 fully saturated rings. The molecule has 1 aliphatic rings. The largest absolute Gasteiger partial charge is 0.493 e. The van der Waals surface area contributed by atoms with Crippen molar-refractivity contribution in [2.75, 3.05) is 27.4 Å². The van der Waals surface area contributed by atoms with Crippen LogP contribution in [0.2, 0.25) is 0 Å². The second kappa shape index (κ2) is 9.47. The van der Waals surface area contributed by atoms with E-state index in [1.165, 1.54) is 0 Å². The van der Waals surface area contributed by atoms with E-state index >= 15 is 0 Å². The van der Waals surface area contributed by atoms with Crippen LogP contribution >= 0.6 is 12.4 Å². The predicted octanol–water partition coefficient (Wildman–Crippen LogP) is 1.89. The minimum Gasteiger partial charge on any atom is -0.493 e. The molecule has 0 saturated carbocycles. The van der Waals surface area contributed by atoms with E-state index in [0.717, 1.165) is 24.9 Å². The zero-order valence-corrected chi connectivity index (χ0v) is 14.6. The summed E-state index contributed by atoms with van der Waals surface area (Å²) < 4.78 is 16.3. The number of hydrogen-bond donors (Lipinski definition) is 2. The minimum absolute atomic E-state index is 0. The summed E-state index contributed by atoms with van der Waals surface area (Å²) in [5.41, 5.74) is 0.906. The second-order valence-electron chi connectivity index (χ2n) is 5.13. The van der Waals surface area contributed by atoms with Crippen LogP contribution in [-0.2, 0) is 11.3 Å². The van der Waals surface area contributed by atoms with Crippen molar-refractivity contribution in [1.82, 2.24) is 10.6 Å². The van der Waals surface area contributed by atoms with Crippen LogP contribution in [0.25, 0.3) is 0 Å².